The van der Waals surface area contributed by atoms with Crippen LogP contribution in [-0.2, 0) is 16.1 Å². The van der Waals surface area contributed by atoms with Crippen molar-refractivity contribution < 1.29 is 9.59 Å². The molecule has 0 saturated carbocycles. The molecule has 7 nitrogen and oxygen atoms in total. The van der Waals surface area contributed by atoms with Crippen molar-refractivity contribution in [1.82, 2.24) is 20.0 Å². The topological polar surface area (TPSA) is 59.1 Å². The van der Waals surface area contributed by atoms with Crippen molar-refractivity contribution in [2.75, 3.05) is 70.3 Å². The lowest BCUT2D eigenvalue weighted by molar-refractivity contribution is -0.133. The fraction of sp³-hybridized carbons (Fsp3) is 0.440. The summed E-state index contributed by atoms with van der Waals surface area (Å²) in [6, 6.07) is 20.3. The summed E-state index contributed by atoms with van der Waals surface area (Å²) >= 11 is 0. The fourth-order valence-corrected chi connectivity index (χ4v) is 4.31. The Hall–Kier alpha value is -2.90. The van der Waals surface area contributed by atoms with Gasteiger partial charge in [0.25, 0.3) is 0 Å². The average molecular weight is 436 g/mol. The number of benzene rings is 2. The molecule has 7 heteroatoms. The van der Waals surface area contributed by atoms with Crippen molar-refractivity contribution in [1.29, 1.82) is 0 Å². The van der Waals surface area contributed by atoms with Crippen molar-refractivity contribution in [3.05, 3.63) is 66.2 Å². The first-order chi connectivity index (χ1) is 15.7. The first kappa shape index (κ1) is 22.3. The van der Waals surface area contributed by atoms with Crippen molar-refractivity contribution in [2.24, 2.45) is 0 Å². The van der Waals surface area contributed by atoms with Crippen LogP contribution in [0.15, 0.2) is 60.7 Å². The third kappa shape index (κ3) is 6.31. The van der Waals surface area contributed by atoms with Crippen molar-refractivity contribution in [3.8, 4) is 0 Å². The third-order valence-corrected chi connectivity index (χ3v) is 6.28. The zero-order valence-electron chi connectivity index (χ0n) is 18.7. The number of piperazine rings is 2. The van der Waals surface area contributed by atoms with Crippen LogP contribution in [0, 0.1) is 0 Å². The molecule has 1 N–H and O–H groups in total. The highest BCUT2D eigenvalue weighted by Crippen LogP contribution is 2.15. The van der Waals surface area contributed by atoms with E-state index in [0.717, 1.165) is 57.9 Å². The number of carbonyl (C=O) groups is 2. The molecule has 2 aromatic carbocycles. The molecule has 170 valence electrons. The maximum Gasteiger partial charge on any atom is 0.236 e. The van der Waals surface area contributed by atoms with Crippen LogP contribution >= 0.6 is 0 Å². The van der Waals surface area contributed by atoms with Gasteiger partial charge in [0, 0.05) is 64.6 Å². The van der Waals surface area contributed by atoms with Crippen LogP contribution in [0.5, 0.6) is 0 Å². The summed E-state index contributed by atoms with van der Waals surface area (Å²) in [6.07, 6.45) is 0. The standard InChI is InChI=1S/C25H33N5O2/c31-24(26-19-22-7-3-1-4-8-22)20-27-11-13-28(14-12-27)21-25(32)30-17-15-29(16-18-30)23-9-5-2-6-10-23/h1-10H,11-21H2,(H,26,31). The molecule has 2 fully saturated rings. The van der Waals surface area contributed by atoms with E-state index in [1.54, 1.807) is 0 Å². The van der Waals surface area contributed by atoms with Crippen LogP contribution in [0.25, 0.3) is 0 Å². The van der Waals surface area contributed by atoms with Gasteiger partial charge in [-0.3, -0.25) is 19.4 Å². The Balaban J connectivity index is 1.13. The Morgan fingerprint density at radius 1 is 0.688 bits per heavy atom. The lowest BCUT2D eigenvalue weighted by Crippen LogP contribution is -2.54. The first-order valence-corrected chi connectivity index (χ1v) is 11.5. The van der Waals surface area contributed by atoms with E-state index in [2.05, 4.69) is 44.3 Å². The molecule has 0 aliphatic carbocycles. The minimum atomic E-state index is 0.0506. The molecule has 0 spiro atoms. The van der Waals surface area contributed by atoms with Crippen molar-refractivity contribution >= 4 is 17.5 Å². The number of carbonyl (C=O) groups excluding carboxylic acids is 2. The van der Waals surface area contributed by atoms with Crippen LogP contribution in [0.4, 0.5) is 5.69 Å². The van der Waals surface area contributed by atoms with E-state index in [1.807, 2.05) is 41.3 Å². The highest BCUT2D eigenvalue weighted by molar-refractivity contribution is 5.79. The monoisotopic (exact) mass is 435 g/mol. The molecule has 2 amide bonds. The fourth-order valence-electron chi connectivity index (χ4n) is 4.31. The van der Waals surface area contributed by atoms with Gasteiger partial charge in [-0.05, 0) is 17.7 Å². The van der Waals surface area contributed by atoms with Gasteiger partial charge < -0.3 is 15.1 Å². The van der Waals surface area contributed by atoms with Gasteiger partial charge in [0.05, 0.1) is 13.1 Å². The van der Waals surface area contributed by atoms with E-state index >= 15 is 0 Å². The Labute approximate surface area is 190 Å². The van der Waals surface area contributed by atoms with Crippen LogP contribution in [0.1, 0.15) is 5.56 Å². The second-order valence-electron chi connectivity index (χ2n) is 8.52. The summed E-state index contributed by atoms with van der Waals surface area (Å²) in [4.78, 5) is 33.7. The molecule has 0 atom stereocenters. The Morgan fingerprint density at radius 3 is 1.88 bits per heavy atom. The zero-order chi connectivity index (χ0) is 22.2. The molecule has 4 rings (SSSR count). The van der Waals surface area contributed by atoms with E-state index < -0.39 is 0 Å². The molecule has 2 aliphatic rings. The Morgan fingerprint density at radius 2 is 1.25 bits per heavy atom. The summed E-state index contributed by atoms with van der Waals surface area (Å²) in [5.74, 6) is 0.265. The van der Waals surface area contributed by atoms with Crippen molar-refractivity contribution in [2.45, 2.75) is 6.54 Å². The third-order valence-electron chi connectivity index (χ3n) is 6.28. The van der Waals surface area contributed by atoms with Gasteiger partial charge in [-0.15, -0.1) is 0 Å². The van der Waals surface area contributed by atoms with Crippen LogP contribution in [0.2, 0.25) is 0 Å². The molecule has 0 unspecified atom stereocenters. The van der Waals surface area contributed by atoms with E-state index in [9.17, 15) is 9.59 Å². The van der Waals surface area contributed by atoms with E-state index in [4.69, 9.17) is 0 Å². The smallest absolute Gasteiger partial charge is 0.236 e. The quantitative estimate of drug-likeness (QED) is 0.710. The molecular weight excluding hydrogens is 402 g/mol. The normalized spacial score (nSPS) is 17.9. The van der Waals surface area contributed by atoms with E-state index in [1.165, 1.54) is 5.69 Å². The number of nitrogens with one attached hydrogen (secondary N) is 1. The molecule has 0 aromatic heterocycles. The largest absolute Gasteiger partial charge is 0.368 e. The van der Waals surface area contributed by atoms with Gasteiger partial charge in [0.2, 0.25) is 11.8 Å². The maximum atomic E-state index is 12.8. The van der Waals surface area contributed by atoms with Gasteiger partial charge in [-0.25, -0.2) is 0 Å². The number of nitrogens with zero attached hydrogens (tertiary/aromatic N) is 4. The van der Waals surface area contributed by atoms with Gasteiger partial charge >= 0.3 is 0 Å². The Bertz CT molecular complexity index is 860. The van der Waals surface area contributed by atoms with Crippen molar-refractivity contribution in [3.63, 3.8) is 0 Å². The summed E-state index contributed by atoms with van der Waals surface area (Å²) in [6.45, 7) is 8.01. The second-order valence-corrected chi connectivity index (χ2v) is 8.52. The van der Waals surface area contributed by atoms with Gasteiger partial charge in [0.1, 0.15) is 0 Å². The molecule has 32 heavy (non-hydrogen) atoms. The highest BCUT2D eigenvalue weighted by atomic mass is 16.2. The lowest BCUT2D eigenvalue weighted by atomic mass is 10.2. The lowest BCUT2D eigenvalue weighted by Gasteiger charge is -2.38. The SMILES string of the molecule is O=C(CN1CCN(CC(=O)N2CCN(c3ccccc3)CC2)CC1)NCc1ccccc1. The molecule has 0 bridgehead atoms. The zero-order valence-corrected chi connectivity index (χ0v) is 18.7. The van der Waals surface area contributed by atoms with Crippen LogP contribution < -0.4 is 10.2 Å². The van der Waals surface area contributed by atoms with Gasteiger partial charge in [-0.2, -0.15) is 0 Å². The molecule has 0 radical (unpaired) electrons. The second kappa shape index (κ2) is 11.1. The maximum absolute atomic E-state index is 12.8. The number of amides is 2. The van der Waals surface area contributed by atoms with E-state index in [0.29, 0.717) is 19.6 Å². The van der Waals surface area contributed by atoms with Gasteiger partial charge in [0.15, 0.2) is 0 Å². The molecule has 2 aromatic rings. The molecule has 2 aliphatic heterocycles. The molecule has 2 heterocycles. The average Bonchev–Trinajstić information content (AvgIpc) is 2.85. The number of hydrogen-bond donors (Lipinski definition) is 1. The first-order valence-electron chi connectivity index (χ1n) is 11.5. The van der Waals surface area contributed by atoms with Gasteiger partial charge in [-0.1, -0.05) is 48.5 Å². The number of anilines is 1. The minimum Gasteiger partial charge on any atom is -0.368 e. The summed E-state index contributed by atoms with van der Waals surface area (Å²) < 4.78 is 0. The van der Waals surface area contributed by atoms with E-state index in [-0.39, 0.29) is 11.8 Å². The number of rotatable bonds is 7. The number of para-hydroxylation sites is 1. The predicted molar refractivity (Wildman–Crippen MR) is 126 cm³/mol. The summed E-state index contributed by atoms with van der Waals surface area (Å²) in [7, 11) is 0. The number of hydrogen-bond acceptors (Lipinski definition) is 5. The highest BCUT2D eigenvalue weighted by Gasteiger charge is 2.25. The molecule has 2 saturated heterocycles. The Kier molecular flexibility index (Phi) is 7.74. The summed E-state index contributed by atoms with van der Waals surface area (Å²) in [5.41, 5.74) is 2.33. The summed E-state index contributed by atoms with van der Waals surface area (Å²) in [5, 5.41) is 2.99. The predicted octanol–water partition coefficient (Wildman–Crippen LogP) is 1.27. The molecular formula is C25H33N5O2. The minimum absolute atomic E-state index is 0.0506. The van der Waals surface area contributed by atoms with Crippen LogP contribution in [-0.4, -0.2) is 92.0 Å². The van der Waals surface area contributed by atoms with Crippen LogP contribution in [0.3, 0.4) is 0 Å².